The SMILES string of the molecule is CC[C@@H](C(=O)N1CCCCC1)N(C)C(=O)C(CC(C)C)N(C)C=O. The average molecular weight is 339 g/mol. The maximum atomic E-state index is 12.9. The van der Waals surface area contributed by atoms with E-state index in [9.17, 15) is 14.4 Å². The number of nitrogens with zero attached hydrogens (tertiary/aromatic N) is 3. The first kappa shape index (κ1) is 20.5. The van der Waals surface area contributed by atoms with E-state index < -0.39 is 12.1 Å². The predicted molar refractivity (Wildman–Crippen MR) is 94.4 cm³/mol. The first-order valence-electron chi connectivity index (χ1n) is 9.06. The molecule has 1 fully saturated rings. The number of rotatable bonds is 8. The van der Waals surface area contributed by atoms with Crippen LogP contribution in [0.1, 0.15) is 52.9 Å². The summed E-state index contributed by atoms with van der Waals surface area (Å²) < 4.78 is 0. The van der Waals surface area contributed by atoms with Crippen LogP contribution < -0.4 is 0 Å². The molecule has 138 valence electrons. The number of hydrogen-bond donors (Lipinski definition) is 0. The molecule has 2 atom stereocenters. The van der Waals surface area contributed by atoms with Crippen LogP contribution in [0.15, 0.2) is 0 Å². The van der Waals surface area contributed by atoms with Gasteiger partial charge in [0.15, 0.2) is 0 Å². The summed E-state index contributed by atoms with van der Waals surface area (Å²) in [5.41, 5.74) is 0. The standard InChI is InChI=1S/C18H33N3O3/c1-6-15(18(24)21-10-8-7-9-11-21)20(5)17(23)16(12-14(2)3)19(4)13-22/h13-16H,6-12H2,1-5H3/t15-,16?/m0/s1. The van der Waals surface area contributed by atoms with E-state index >= 15 is 0 Å². The normalized spacial score (nSPS) is 17.3. The molecule has 0 aromatic heterocycles. The molecule has 0 bridgehead atoms. The highest BCUT2D eigenvalue weighted by Crippen LogP contribution is 2.17. The van der Waals surface area contributed by atoms with Crippen molar-refractivity contribution >= 4 is 18.2 Å². The van der Waals surface area contributed by atoms with Crippen molar-refractivity contribution in [2.45, 2.75) is 65.0 Å². The van der Waals surface area contributed by atoms with Crippen molar-refractivity contribution in [1.29, 1.82) is 0 Å². The monoisotopic (exact) mass is 339 g/mol. The van der Waals surface area contributed by atoms with Crippen LogP contribution in [-0.4, -0.2) is 72.2 Å². The van der Waals surface area contributed by atoms with Gasteiger partial charge in [-0.25, -0.2) is 0 Å². The number of carbonyl (C=O) groups excluding carboxylic acids is 3. The lowest BCUT2D eigenvalue weighted by molar-refractivity contribution is -0.149. The Morgan fingerprint density at radius 2 is 1.67 bits per heavy atom. The molecule has 1 rings (SSSR count). The van der Waals surface area contributed by atoms with Gasteiger partial charge < -0.3 is 14.7 Å². The van der Waals surface area contributed by atoms with Crippen LogP contribution in [0.25, 0.3) is 0 Å². The molecule has 0 N–H and O–H groups in total. The summed E-state index contributed by atoms with van der Waals surface area (Å²) in [4.78, 5) is 41.7. The molecule has 1 aliphatic rings. The largest absolute Gasteiger partial charge is 0.341 e. The van der Waals surface area contributed by atoms with E-state index in [1.807, 2.05) is 25.7 Å². The Kier molecular flexibility index (Phi) is 8.22. The Labute approximate surface area is 146 Å². The van der Waals surface area contributed by atoms with Crippen LogP contribution >= 0.6 is 0 Å². The maximum Gasteiger partial charge on any atom is 0.245 e. The van der Waals surface area contributed by atoms with E-state index in [2.05, 4.69) is 0 Å². The zero-order valence-electron chi connectivity index (χ0n) is 15.8. The number of likely N-dealkylation sites (N-methyl/N-ethyl adjacent to an activating group) is 2. The Balaban J connectivity index is 2.87. The first-order chi connectivity index (χ1) is 11.3. The molecule has 0 aromatic carbocycles. The summed E-state index contributed by atoms with van der Waals surface area (Å²) in [5.74, 6) is 0.160. The molecular weight excluding hydrogens is 306 g/mol. The predicted octanol–water partition coefficient (Wildman–Crippen LogP) is 1.74. The van der Waals surface area contributed by atoms with Crippen LogP contribution in [-0.2, 0) is 14.4 Å². The quantitative estimate of drug-likeness (QED) is 0.633. The summed E-state index contributed by atoms with van der Waals surface area (Å²) in [7, 11) is 3.31. The molecular formula is C18H33N3O3. The van der Waals surface area contributed by atoms with Gasteiger partial charge in [0, 0.05) is 27.2 Å². The van der Waals surface area contributed by atoms with Gasteiger partial charge in [-0.1, -0.05) is 20.8 Å². The minimum atomic E-state index is -0.518. The Morgan fingerprint density at radius 3 is 2.12 bits per heavy atom. The Hall–Kier alpha value is -1.59. The number of amides is 3. The second-order valence-electron chi connectivity index (χ2n) is 7.18. The number of piperidine rings is 1. The lowest BCUT2D eigenvalue weighted by Crippen LogP contribution is -2.55. The van der Waals surface area contributed by atoms with E-state index in [1.165, 1.54) is 4.90 Å². The smallest absolute Gasteiger partial charge is 0.245 e. The minimum absolute atomic E-state index is 0.0325. The molecule has 24 heavy (non-hydrogen) atoms. The maximum absolute atomic E-state index is 12.9. The second-order valence-corrected chi connectivity index (χ2v) is 7.18. The summed E-state index contributed by atoms with van der Waals surface area (Å²) in [5, 5.41) is 0. The highest BCUT2D eigenvalue weighted by Gasteiger charge is 2.34. The van der Waals surface area contributed by atoms with Gasteiger partial charge in [-0.05, 0) is 38.0 Å². The van der Waals surface area contributed by atoms with Gasteiger partial charge in [0.25, 0.3) is 0 Å². The Bertz CT molecular complexity index is 433. The van der Waals surface area contributed by atoms with Crippen molar-refractivity contribution in [3.05, 3.63) is 0 Å². The number of carbonyl (C=O) groups is 3. The van der Waals surface area contributed by atoms with Crippen molar-refractivity contribution in [1.82, 2.24) is 14.7 Å². The molecule has 6 heteroatoms. The van der Waals surface area contributed by atoms with Gasteiger partial charge in [0.2, 0.25) is 18.2 Å². The first-order valence-corrected chi connectivity index (χ1v) is 9.06. The third-order valence-corrected chi connectivity index (χ3v) is 4.79. The zero-order valence-corrected chi connectivity index (χ0v) is 15.8. The van der Waals surface area contributed by atoms with Crippen LogP contribution in [0.5, 0.6) is 0 Å². The highest BCUT2D eigenvalue weighted by molar-refractivity contribution is 5.90. The molecule has 1 saturated heterocycles. The minimum Gasteiger partial charge on any atom is -0.341 e. The summed E-state index contributed by atoms with van der Waals surface area (Å²) in [6, 6.07) is -0.971. The Morgan fingerprint density at radius 1 is 1.08 bits per heavy atom. The summed E-state index contributed by atoms with van der Waals surface area (Å²) in [6.45, 7) is 7.53. The molecule has 1 heterocycles. The topological polar surface area (TPSA) is 60.9 Å². The molecule has 1 unspecified atom stereocenters. The molecule has 0 aliphatic carbocycles. The summed E-state index contributed by atoms with van der Waals surface area (Å²) in [6.07, 6.45) is 5.08. The molecule has 0 radical (unpaired) electrons. The van der Waals surface area contributed by atoms with E-state index in [0.29, 0.717) is 19.3 Å². The van der Waals surface area contributed by atoms with Crippen molar-refractivity contribution in [2.75, 3.05) is 27.2 Å². The third-order valence-electron chi connectivity index (χ3n) is 4.79. The van der Waals surface area contributed by atoms with Crippen molar-refractivity contribution in [2.24, 2.45) is 5.92 Å². The number of hydrogen-bond acceptors (Lipinski definition) is 3. The molecule has 1 aliphatic heterocycles. The van der Waals surface area contributed by atoms with E-state index in [4.69, 9.17) is 0 Å². The third kappa shape index (κ3) is 5.21. The van der Waals surface area contributed by atoms with Crippen LogP contribution in [0, 0.1) is 5.92 Å². The molecule has 0 aromatic rings. The van der Waals surface area contributed by atoms with Crippen molar-refractivity contribution in [3.63, 3.8) is 0 Å². The molecule has 0 saturated carbocycles. The van der Waals surface area contributed by atoms with Crippen LogP contribution in [0.3, 0.4) is 0 Å². The number of likely N-dealkylation sites (tertiary alicyclic amines) is 1. The molecule has 6 nitrogen and oxygen atoms in total. The average Bonchev–Trinajstić information content (AvgIpc) is 2.59. The van der Waals surface area contributed by atoms with Crippen molar-refractivity contribution in [3.8, 4) is 0 Å². The van der Waals surface area contributed by atoms with Gasteiger partial charge in [-0.2, -0.15) is 0 Å². The fraction of sp³-hybridized carbons (Fsp3) is 0.833. The van der Waals surface area contributed by atoms with Gasteiger partial charge >= 0.3 is 0 Å². The van der Waals surface area contributed by atoms with Crippen LogP contribution in [0.4, 0.5) is 0 Å². The van der Waals surface area contributed by atoms with Crippen LogP contribution in [0.2, 0.25) is 0 Å². The van der Waals surface area contributed by atoms with Crippen molar-refractivity contribution < 1.29 is 14.4 Å². The molecule has 0 spiro atoms. The van der Waals surface area contributed by atoms with E-state index in [1.54, 1.807) is 19.0 Å². The molecule has 3 amide bonds. The zero-order chi connectivity index (χ0) is 18.3. The second kappa shape index (κ2) is 9.64. The van der Waals surface area contributed by atoms with Gasteiger partial charge in [-0.3, -0.25) is 14.4 Å². The van der Waals surface area contributed by atoms with Gasteiger partial charge in [-0.15, -0.1) is 0 Å². The van der Waals surface area contributed by atoms with E-state index in [0.717, 1.165) is 32.4 Å². The fourth-order valence-corrected chi connectivity index (χ4v) is 3.29. The van der Waals surface area contributed by atoms with E-state index in [-0.39, 0.29) is 17.7 Å². The summed E-state index contributed by atoms with van der Waals surface area (Å²) >= 11 is 0. The van der Waals surface area contributed by atoms with Gasteiger partial charge in [0.05, 0.1) is 0 Å². The highest BCUT2D eigenvalue weighted by atomic mass is 16.2. The lowest BCUT2D eigenvalue weighted by atomic mass is 10.0. The fourth-order valence-electron chi connectivity index (χ4n) is 3.29. The van der Waals surface area contributed by atoms with Gasteiger partial charge in [0.1, 0.15) is 12.1 Å². The lowest BCUT2D eigenvalue weighted by Gasteiger charge is -2.36.